The third kappa shape index (κ3) is 2.64. The first-order valence-electron chi connectivity index (χ1n) is 6.26. The zero-order chi connectivity index (χ0) is 13.8. The molecule has 0 aliphatic carbocycles. The summed E-state index contributed by atoms with van der Waals surface area (Å²) in [6, 6.07) is -0.189. The van der Waals surface area contributed by atoms with E-state index in [2.05, 4.69) is 20.4 Å². The maximum absolute atomic E-state index is 12.1. The molecule has 0 aromatic carbocycles. The zero-order valence-corrected chi connectivity index (χ0v) is 11.3. The van der Waals surface area contributed by atoms with E-state index in [1.54, 1.807) is 11.6 Å². The van der Waals surface area contributed by atoms with E-state index < -0.39 is 0 Å². The third-order valence-corrected chi connectivity index (χ3v) is 2.93. The second-order valence-electron chi connectivity index (χ2n) is 4.13. The molecule has 2 aromatic heterocycles. The lowest BCUT2D eigenvalue weighted by molar-refractivity contribution is 0.0926. The molecule has 7 nitrogen and oxygen atoms in total. The van der Waals surface area contributed by atoms with E-state index in [0.717, 1.165) is 12.2 Å². The van der Waals surface area contributed by atoms with Crippen molar-refractivity contribution in [2.75, 3.05) is 0 Å². The number of hydrogen-bond donors (Lipinski definition) is 1. The van der Waals surface area contributed by atoms with E-state index in [-0.39, 0.29) is 11.9 Å². The molecular formula is C12H17N5O2. The SMILES string of the molecule is CCC(NC(=O)c1ncoc1C)c1ncnn1CC. The molecule has 7 heteroatoms. The Hall–Kier alpha value is -2.18. The first-order valence-corrected chi connectivity index (χ1v) is 6.26. The van der Waals surface area contributed by atoms with Crippen LogP contribution >= 0.6 is 0 Å². The van der Waals surface area contributed by atoms with Crippen molar-refractivity contribution in [1.29, 1.82) is 0 Å². The lowest BCUT2D eigenvalue weighted by atomic mass is 10.2. The number of nitrogens with one attached hydrogen (secondary N) is 1. The van der Waals surface area contributed by atoms with Gasteiger partial charge in [0.05, 0.1) is 6.04 Å². The number of nitrogens with zero attached hydrogens (tertiary/aromatic N) is 4. The maximum atomic E-state index is 12.1. The van der Waals surface area contributed by atoms with Crippen LogP contribution in [0.15, 0.2) is 17.1 Å². The fraction of sp³-hybridized carbons (Fsp3) is 0.500. The summed E-state index contributed by atoms with van der Waals surface area (Å²) in [6.07, 6.45) is 3.48. The van der Waals surface area contributed by atoms with Gasteiger partial charge in [-0.25, -0.2) is 14.6 Å². The Balaban J connectivity index is 2.16. The van der Waals surface area contributed by atoms with Gasteiger partial charge in [-0.05, 0) is 20.3 Å². The van der Waals surface area contributed by atoms with Crippen molar-refractivity contribution in [2.24, 2.45) is 0 Å². The summed E-state index contributed by atoms with van der Waals surface area (Å²) in [7, 11) is 0. The van der Waals surface area contributed by atoms with Crippen molar-refractivity contribution in [1.82, 2.24) is 25.1 Å². The Morgan fingerprint density at radius 1 is 1.47 bits per heavy atom. The molecule has 2 aromatic rings. The zero-order valence-electron chi connectivity index (χ0n) is 11.3. The molecule has 1 unspecified atom stereocenters. The highest BCUT2D eigenvalue weighted by Crippen LogP contribution is 2.15. The lowest BCUT2D eigenvalue weighted by Crippen LogP contribution is -2.31. The Bertz CT molecular complexity index is 560. The molecule has 0 radical (unpaired) electrons. The molecule has 0 aliphatic rings. The molecular weight excluding hydrogens is 246 g/mol. The van der Waals surface area contributed by atoms with Gasteiger partial charge in [0.15, 0.2) is 12.1 Å². The molecule has 1 amide bonds. The summed E-state index contributed by atoms with van der Waals surface area (Å²) in [5.74, 6) is 0.993. The quantitative estimate of drug-likeness (QED) is 0.883. The van der Waals surface area contributed by atoms with Crippen LogP contribution in [0.25, 0.3) is 0 Å². The first kappa shape index (κ1) is 13.3. The van der Waals surface area contributed by atoms with Gasteiger partial charge >= 0.3 is 0 Å². The topological polar surface area (TPSA) is 85.8 Å². The van der Waals surface area contributed by atoms with Crippen molar-refractivity contribution < 1.29 is 9.21 Å². The van der Waals surface area contributed by atoms with E-state index in [9.17, 15) is 4.79 Å². The Morgan fingerprint density at radius 3 is 2.84 bits per heavy atom. The van der Waals surface area contributed by atoms with Crippen LogP contribution in [-0.2, 0) is 6.54 Å². The predicted octanol–water partition coefficient (Wildman–Crippen LogP) is 1.48. The van der Waals surface area contributed by atoms with Crippen molar-refractivity contribution >= 4 is 5.91 Å². The summed E-state index contributed by atoms with van der Waals surface area (Å²) in [6.45, 7) is 6.38. The molecule has 1 atom stereocenters. The summed E-state index contributed by atoms with van der Waals surface area (Å²) in [5.41, 5.74) is 0.306. The highest BCUT2D eigenvalue weighted by Gasteiger charge is 2.21. The van der Waals surface area contributed by atoms with Gasteiger partial charge in [-0.3, -0.25) is 4.79 Å². The van der Waals surface area contributed by atoms with Crippen LogP contribution in [0.5, 0.6) is 0 Å². The highest BCUT2D eigenvalue weighted by molar-refractivity contribution is 5.93. The van der Waals surface area contributed by atoms with Crippen LogP contribution in [0.2, 0.25) is 0 Å². The van der Waals surface area contributed by atoms with Gasteiger partial charge in [0.25, 0.3) is 5.91 Å². The molecule has 0 saturated heterocycles. The van der Waals surface area contributed by atoms with Gasteiger partial charge in [-0.1, -0.05) is 6.92 Å². The van der Waals surface area contributed by atoms with Crippen LogP contribution in [0, 0.1) is 6.92 Å². The number of aromatic nitrogens is 4. The molecule has 1 N–H and O–H groups in total. The van der Waals surface area contributed by atoms with Crippen LogP contribution in [0.4, 0.5) is 0 Å². The minimum Gasteiger partial charge on any atom is -0.448 e. The molecule has 2 heterocycles. The van der Waals surface area contributed by atoms with Gasteiger partial charge in [0.2, 0.25) is 0 Å². The number of hydrogen-bond acceptors (Lipinski definition) is 5. The van der Waals surface area contributed by atoms with Crippen molar-refractivity contribution in [3.63, 3.8) is 0 Å². The van der Waals surface area contributed by atoms with Crippen LogP contribution in [0.1, 0.15) is 48.4 Å². The van der Waals surface area contributed by atoms with Crippen LogP contribution in [-0.4, -0.2) is 25.7 Å². The highest BCUT2D eigenvalue weighted by atomic mass is 16.3. The third-order valence-electron chi connectivity index (χ3n) is 2.93. The van der Waals surface area contributed by atoms with Crippen molar-refractivity contribution in [3.8, 4) is 0 Å². The number of carbonyl (C=O) groups is 1. The predicted molar refractivity (Wildman–Crippen MR) is 67.4 cm³/mol. The summed E-state index contributed by atoms with van der Waals surface area (Å²) in [5, 5.41) is 7.01. The Kier molecular flexibility index (Phi) is 3.94. The van der Waals surface area contributed by atoms with E-state index in [4.69, 9.17) is 4.42 Å². The summed E-state index contributed by atoms with van der Waals surface area (Å²) in [4.78, 5) is 20.2. The second-order valence-corrected chi connectivity index (χ2v) is 4.13. The fourth-order valence-corrected chi connectivity index (χ4v) is 1.89. The molecule has 0 bridgehead atoms. The fourth-order valence-electron chi connectivity index (χ4n) is 1.89. The van der Waals surface area contributed by atoms with E-state index in [1.807, 2.05) is 13.8 Å². The number of carbonyl (C=O) groups excluding carboxylic acids is 1. The first-order chi connectivity index (χ1) is 9.17. The molecule has 0 saturated carbocycles. The maximum Gasteiger partial charge on any atom is 0.274 e. The Labute approximate surface area is 111 Å². The molecule has 102 valence electrons. The molecule has 2 rings (SSSR count). The molecule has 0 fully saturated rings. The smallest absolute Gasteiger partial charge is 0.274 e. The van der Waals surface area contributed by atoms with Crippen LogP contribution < -0.4 is 5.32 Å². The number of oxazole rings is 1. The largest absolute Gasteiger partial charge is 0.448 e. The second kappa shape index (κ2) is 5.64. The van der Waals surface area contributed by atoms with E-state index in [0.29, 0.717) is 18.0 Å². The average Bonchev–Trinajstić information content (AvgIpc) is 3.03. The normalized spacial score (nSPS) is 12.4. The van der Waals surface area contributed by atoms with Gasteiger partial charge in [0, 0.05) is 6.54 Å². The number of aryl methyl sites for hydroxylation is 2. The van der Waals surface area contributed by atoms with Gasteiger partial charge in [-0.2, -0.15) is 5.10 Å². The lowest BCUT2D eigenvalue weighted by Gasteiger charge is -2.16. The van der Waals surface area contributed by atoms with Crippen molar-refractivity contribution in [3.05, 3.63) is 30.0 Å². The summed E-state index contributed by atoms with van der Waals surface area (Å²) >= 11 is 0. The van der Waals surface area contributed by atoms with Gasteiger partial charge < -0.3 is 9.73 Å². The minimum atomic E-state index is -0.260. The molecule has 0 spiro atoms. The van der Waals surface area contributed by atoms with Crippen LogP contribution in [0.3, 0.4) is 0 Å². The van der Waals surface area contributed by atoms with E-state index >= 15 is 0 Å². The standard InChI is InChI=1S/C12H17N5O2/c1-4-9(11-13-6-15-17(11)5-2)16-12(18)10-8(3)19-7-14-10/h6-7,9H,4-5H2,1-3H3,(H,16,18). The van der Waals surface area contributed by atoms with Gasteiger partial charge in [-0.15, -0.1) is 0 Å². The summed E-state index contributed by atoms with van der Waals surface area (Å²) < 4.78 is 6.80. The van der Waals surface area contributed by atoms with E-state index in [1.165, 1.54) is 12.7 Å². The van der Waals surface area contributed by atoms with Gasteiger partial charge in [0.1, 0.15) is 17.9 Å². The Morgan fingerprint density at radius 2 is 2.26 bits per heavy atom. The molecule has 19 heavy (non-hydrogen) atoms. The average molecular weight is 263 g/mol. The number of amides is 1. The monoisotopic (exact) mass is 263 g/mol. The molecule has 0 aliphatic heterocycles. The van der Waals surface area contributed by atoms with Crippen molar-refractivity contribution in [2.45, 2.75) is 39.8 Å². The number of rotatable bonds is 5. The minimum absolute atomic E-state index is 0.189.